The van der Waals surface area contributed by atoms with E-state index in [-0.39, 0.29) is 17.9 Å². The van der Waals surface area contributed by atoms with E-state index >= 15 is 0 Å². The highest BCUT2D eigenvalue weighted by atomic mass is 16.6. The molecule has 1 aromatic carbocycles. The van der Waals surface area contributed by atoms with Gasteiger partial charge in [-0.3, -0.25) is 29.7 Å². The van der Waals surface area contributed by atoms with Crippen LogP contribution in [0.3, 0.4) is 0 Å². The molecule has 0 fully saturated rings. The van der Waals surface area contributed by atoms with Crippen molar-refractivity contribution in [1.82, 2.24) is 15.2 Å². The van der Waals surface area contributed by atoms with Gasteiger partial charge in [0.1, 0.15) is 18.9 Å². The summed E-state index contributed by atoms with van der Waals surface area (Å²) < 4.78 is 1.10. The Morgan fingerprint density at radius 2 is 2.00 bits per heavy atom. The number of non-ortho nitro benzene ring substituents is 1. The van der Waals surface area contributed by atoms with E-state index in [0.29, 0.717) is 11.3 Å². The van der Waals surface area contributed by atoms with Gasteiger partial charge in [-0.1, -0.05) is 12.1 Å². The van der Waals surface area contributed by atoms with Crippen LogP contribution in [0.5, 0.6) is 0 Å². The minimum absolute atomic E-state index is 0.0859. The predicted molar refractivity (Wildman–Crippen MR) is 82.3 cm³/mol. The number of nitro groups is 2. The molecule has 2 aromatic rings. The van der Waals surface area contributed by atoms with Crippen LogP contribution in [0.25, 0.3) is 0 Å². The fourth-order valence-corrected chi connectivity index (χ4v) is 1.77. The van der Waals surface area contributed by atoms with Crippen LogP contribution in [0.15, 0.2) is 41.8 Å². The van der Waals surface area contributed by atoms with Crippen LogP contribution in [0.1, 0.15) is 12.5 Å². The number of hydrazone groups is 1. The fourth-order valence-electron chi connectivity index (χ4n) is 1.77. The van der Waals surface area contributed by atoms with Gasteiger partial charge in [0.05, 0.1) is 15.6 Å². The van der Waals surface area contributed by atoms with Crippen LogP contribution >= 0.6 is 0 Å². The molecular weight excluding hydrogens is 320 g/mol. The Balaban J connectivity index is 2.00. The molecule has 0 radical (unpaired) electrons. The standard InChI is InChI=1S/C13H12N6O5/c1-9(10-3-2-4-11(5-10)18(21)22)15-16-13(20)8-17-7-12(6-14-17)19(23)24/h2-7H,8H2,1H3,(H,16,20). The molecule has 0 aliphatic heterocycles. The maximum Gasteiger partial charge on any atom is 0.307 e. The van der Waals surface area contributed by atoms with Crippen LogP contribution in [0.4, 0.5) is 11.4 Å². The third-order valence-corrected chi connectivity index (χ3v) is 2.96. The minimum Gasteiger partial charge on any atom is -0.271 e. The zero-order chi connectivity index (χ0) is 17.7. The summed E-state index contributed by atoms with van der Waals surface area (Å²) in [4.78, 5) is 31.9. The maximum atomic E-state index is 11.7. The molecule has 0 aliphatic carbocycles. The normalized spacial score (nSPS) is 11.1. The fraction of sp³-hybridized carbons (Fsp3) is 0.154. The molecule has 24 heavy (non-hydrogen) atoms. The summed E-state index contributed by atoms with van der Waals surface area (Å²) in [6.07, 6.45) is 2.15. The number of nitrogens with zero attached hydrogens (tertiary/aromatic N) is 5. The molecule has 0 bridgehead atoms. The largest absolute Gasteiger partial charge is 0.307 e. The summed E-state index contributed by atoms with van der Waals surface area (Å²) in [6, 6.07) is 5.81. The summed E-state index contributed by atoms with van der Waals surface area (Å²) in [6.45, 7) is 1.33. The summed E-state index contributed by atoms with van der Waals surface area (Å²) >= 11 is 0. The van der Waals surface area contributed by atoms with Crippen molar-refractivity contribution in [1.29, 1.82) is 0 Å². The lowest BCUT2D eigenvalue weighted by Crippen LogP contribution is -2.24. The van der Waals surface area contributed by atoms with Crippen LogP contribution in [-0.2, 0) is 11.3 Å². The average molecular weight is 332 g/mol. The number of nitrogens with one attached hydrogen (secondary N) is 1. The molecule has 1 heterocycles. The van der Waals surface area contributed by atoms with E-state index < -0.39 is 15.8 Å². The molecule has 0 aliphatic rings. The molecule has 0 atom stereocenters. The topological polar surface area (TPSA) is 146 Å². The third kappa shape index (κ3) is 4.19. The Labute approximate surface area is 134 Å². The van der Waals surface area contributed by atoms with Crippen LogP contribution in [0.2, 0.25) is 0 Å². The van der Waals surface area contributed by atoms with Crippen LogP contribution in [-0.4, -0.2) is 31.2 Å². The molecule has 124 valence electrons. The van der Waals surface area contributed by atoms with Gasteiger partial charge in [0, 0.05) is 17.7 Å². The number of carbonyl (C=O) groups excluding carboxylic acids is 1. The highest BCUT2D eigenvalue weighted by molar-refractivity contribution is 5.99. The molecule has 11 nitrogen and oxygen atoms in total. The third-order valence-electron chi connectivity index (χ3n) is 2.96. The molecule has 1 aromatic heterocycles. The van der Waals surface area contributed by atoms with Gasteiger partial charge >= 0.3 is 5.69 Å². The van der Waals surface area contributed by atoms with Crippen molar-refractivity contribution >= 4 is 23.0 Å². The second kappa shape index (κ2) is 7.09. The highest BCUT2D eigenvalue weighted by Gasteiger charge is 2.11. The summed E-state index contributed by atoms with van der Waals surface area (Å²) in [5, 5.41) is 28.8. The van der Waals surface area contributed by atoms with Gasteiger partial charge in [-0.25, -0.2) is 5.43 Å². The SMILES string of the molecule is CC(=NNC(=O)Cn1cc([N+](=O)[O-])cn1)c1cccc([N+](=O)[O-])c1. The van der Waals surface area contributed by atoms with Crippen molar-refractivity contribution in [3.63, 3.8) is 0 Å². The molecule has 11 heteroatoms. The molecule has 0 spiro atoms. The van der Waals surface area contributed by atoms with Crippen molar-refractivity contribution < 1.29 is 14.6 Å². The van der Waals surface area contributed by atoms with Gasteiger partial charge in [-0.2, -0.15) is 10.2 Å². The molecule has 0 saturated heterocycles. The number of amides is 1. The van der Waals surface area contributed by atoms with E-state index in [1.165, 1.54) is 18.2 Å². The van der Waals surface area contributed by atoms with E-state index in [2.05, 4.69) is 15.6 Å². The van der Waals surface area contributed by atoms with Crippen LogP contribution in [0, 0.1) is 20.2 Å². The van der Waals surface area contributed by atoms with Crippen LogP contribution < -0.4 is 5.43 Å². The summed E-state index contributed by atoms with van der Waals surface area (Å²) in [5.41, 5.74) is 2.82. The number of rotatable bonds is 6. The first-order valence-corrected chi connectivity index (χ1v) is 6.61. The van der Waals surface area contributed by atoms with Crippen molar-refractivity contribution in [3.8, 4) is 0 Å². The average Bonchev–Trinajstić information content (AvgIpc) is 3.01. The second-order valence-electron chi connectivity index (χ2n) is 4.69. The molecular formula is C13H12N6O5. The van der Waals surface area contributed by atoms with E-state index in [4.69, 9.17) is 0 Å². The lowest BCUT2D eigenvalue weighted by molar-refractivity contribution is -0.385. The van der Waals surface area contributed by atoms with Gasteiger partial charge < -0.3 is 0 Å². The van der Waals surface area contributed by atoms with E-state index in [0.717, 1.165) is 17.1 Å². The first kappa shape index (κ1) is 16.7. The number of nitro benzene ring substituents is 1. The van der Waals surface area contributed by atoms with Gasteiger partial charge in [0.15, 0.2) is 0 Å². The van der Waals surface area contributed by atoms with Crippen molar-refractivity contribution in [2.75, 3.05) is 0 Å². The molecule has 2 rings (SSSR count). The lowest BCUT2D eigenvalue weighted by Gasteiger charge is -2.03. The van der Waals surface area contributed by atoms with E-state index in [1.807, 2.05) is 0 Å². The quantitative estimate of drug-likeness (QED) is 0.478. The maximum absolute atomic E-state index is 11.7. The highest BCUT2D eigenvalue weighted by Crippen LogP contribution is 2.13. The predicted octanol–water partition coefficient (Wildman–Crippen LogP) is 1.24. The Bertz CT molecular complexity index is 828. The zero-order valence-electron chi connectivity index (χ0n) is 12.4. The molecule has 0 unspecified atom stereocenters. The minimum atomic E-state index is -0.619. The monoisotopic (exact) mass is 332 g/mol. The number of hydrogen-bond acceptors (Lipinski definition) is 7. The number of carbonyl (C=O) groups is 1. The summed E-state index contributed by atoms with van der Waals surface area (Å²) in [5.74, 6) is -0.544. The summed E-state index contributed by atoms with van der Waals surface area (Å²) in [7, 11) is 0. The smallest absolute Gasteiger partial charge is 0.271 e. The van der Waals surface area contributed by atoms with Crippen molar-refractivity contribution in [2.24, 2.45) is 5.10 Å². The Hall–Kier alpha value is -3.63. The van der Waals surface area contributed by atoms with Crippen molar-refractivity contribution in [3.05, 3.63) is 62.5 Å². The van der Waals surface area contributed by atoms with E-state index in [9.17, 15) is 25.0 Å². The zero-order valence-corrected chi connectivity index (χ0v) is 12.4. The lowest BCUT2D eigenvalue weighted by atomic mass is 10.1. The first-order valence-electron chi connectivity index (χ1n) is 6.61. The van der Waals surface area contributed by atoms with Gasteiger partial charge in [0.2, 0.25) is 0 Å². The van der Waals surface area contributed by atoms with Crippen molar-refractivity contribution in [2.45, 2.75) is 13.5 Å². The number of hydrogen-bond donors (Lipinski definition) is 1. The van der Waals surface area contributed by atoms with E-state index in [1.54, 1.807) is 13.0 Å². The molecule has 1 N–H and O–H groups in total. The Morgan fingerprint density at radius 3 is 2.62 bits per heavy atom. The Morgan fingerprint density at radius 1 is 1.29 bits per heavy atom. The second-order valence-corrected chi connectivity index (χ2v) is 4.69. The van der Waals surface area contributed by atoms with Gasteiger partial charge in [-0.05, 0) is 6.92 Å². The number of benzene rings is 1. The van der Waals surface area contributed by atoms with Gasteiger partial charge in [-0.15, -0.1) is 0 Å². The number of aromatic nitrogens is 2. The van der Waals surface area contributed by atoms with Gasteiger partial charge in [0.25, 0.3) is 11.6 Å². The molecule has 0 saturated carbocycles. The first-order chi connectivity index (χ1) is 11.4. The molecule has 1 amide bonds. The Kier molecular flexibility index (Phi) is 4.94.